The fraction of sp³-hybridized carbons (Fsp3) is 0.0435. The van der Waals surface area contributed by atoms with Gasteiger partial charge in [0, 0.05) is 10.8 Å². The standard InChI is InChI=1S/C23H19N3O3S/c1-15-6-8-16(9-7-15)17-10-12-18(13-11-17)25-26-21-14-22(30(27,28)29)19-4-2-3-5-20(19)23(21)24/h2-14H,24H2,1H3,(H,27,28,29)/b26-25+. The quantitative estimate of drug-likeness (QED) is 0.239. The van der Waals surface area contributed by atoms with Gasteiger partial charge in [-0.3, -0.25) is 4.55 Å². The lowest BCUT2D eigenvalue weighted by Crippen LogP contribution is -2.01. The van der Waals surface area contributed by atoms with Gasteiger partial charge >= 0.3 is 0 Å². The summed E-state index contributed by atoms with van der Waals surface area (Å²) >= 11 is 0. The van der Waals surface area contributed by atoms with Crippen LogP contribution in [0, 0.1) is 6.92 Å². The molecule has 6 nitrogen and oxygen atoms in total. The Labute approximate surface area is 174 Å². The first-order valence-corrected chi connectivity index (χ1v) is 10.6. The second-order valence-electron chi connectivity index (χ2n) is 6.94. The third-order valence-electron chi connectivity index (χ3n) is 4.83. The minimum atomic E-state index is -4.45. The zero-order valence-corrected chi connectivity index (χ0v) is 17.0. The van der Waals surface area contributed by atoms with Gasteiger partial charge in [0.15, 0.2) is 0 Å². The zero-order chi connectivity index (χ0) is 21.3. The number of hydrogen-bond donors (Lipinski definition) is 2. The molecule has 0 radical (unpaired) electrons. The number of hydrogen-bond acceptors (Lipinski definition) is 5. The highest BCUT2D eigenvalue weighted by atomic mass is 32.2. The Bertz CT molecular complexity index is 1360. The van der Waals surface area contributed by atoms with E-state index in [9.17, 15) is 13.0 Å². The summed E-state index contributed by atoms with van der Waals surface area (Å²) in [6, 6.07) is 23.6. The summed E-state index contributed by atoms with van der Waals surface area (Å²) in [5.41, 5.74) is 10.6. The summed E-state index contributed by atoms with van der Waals surface area (Å²) in [6.45, 7) is 2.04. The largest absolute Gasteiger partial charge is 0.396 e. The average molecular weight is 417 g/mol. The van der Waals surface area contributed by atoms with Crippen molar-refractivity contribution in [2.45, 2.75) is 11.8 Å². The Kier molecular flexibility index (Phi) is 5.07. The van der Waals surface area contributed by atoms with Crippen molar-refractivity contribution in [2.24, 2.45) is 10.2 Å². The number of nitrogen functional groups attached to an aromatic ring is 1. The molecule has 0 unspecified atom stereocenters. The van der Waals surface area contributed by atoms with Gasteiger partial charge in [-0.1, -0.05) is 66.2 Å². The average Bonchev–Trinajstić information content (AvgIpc) is 2.73. The summed E-state index contributed by atoms with van der Waals surface area (Å²) in [5, 5.41) is 9.14. The number of rotatable bonds is 4. The van der Waals surface area contributed by atoms with Crippen LogP contribution in [0.1, 0.15) is 5.56 Å². The Morgan fingerprint density at radius 2 is 1.37 bits per heavy atom. The highest BCUT2D eigenvalue weighted by molar-refractivity contribution is 7.86. The van der Waals surface area contributed by atoms with Crippen LogP contribution in [-0.2, 0) is 10.1 Å². The topological polar surface area (TPSA) is 105 Å². The summed E-state index contributed by atoms with van der Waals surface area (Å²) < 4.78 is 33.2. The van der Waals surface area contributed by atoms with Crippen LogP contribution < -0.4 is 5.73 Å². The first kappa shape index (κ1) is 19.8. The maximum absolute atomic E-state index is 11.8. The summed E-state index contributed by atoms with van der Waals surface area (Å²) in [7, 11) is -4.45. The lowest BCUT2D eigenvalue weighted by atomic mass is 10.0. The number of aryl methyl sites for hydroxylation is 1. The summed E-state index contributed by atoms with van der Waals surface area (Å²) in [5.74, 6) is 0. The third kappa shape index (κ3) is 3.94. The number of fused-ring (bicyclic) bond motifs is 1. The van der Waals surface area contributed by atoms with E-state index in [1.54, 1.807) is 24.3 Å². The van der Waals surface area contributed by atoms with Crippen molar-refractivity contribution in [1.29, 1.82) is 0 Å². The highest BCUT2D eigenvalue weighted by Gasteiger charge is 2.18. The molecule has 0 aliphatic carbocycles. The van der Waals surface area contributed by atoms with Crippen LogP contribution in [0.25, 0.3) is 21.9 Å². The smallest absolute Gasteiger partial charge is 0.295 e. The SMILES string of the molecule is Cc1ccc(-c2ccc(/N=N/c3cc(S(=O)(=O)O)c4ccccc4c3N)cc2)cc1. The van der Waals surface area contributed by atoms with E-state index in [0.717, 1.165) is 11.1 Å². The molecule has 0 saturated heterocycles. The molecule has 3 N–H and O–H groups in total. The van der Waals surface area contributed by atoms with E-state index >= 15 is 0 Å². The van der Waals surface area contributed by atoms with E-state index < -0.39 is 10.1 Å². The monoisotopic (exact) mass is 417 g/mol. The molecule has 0 bridgehead atoms. The van der Waals surface area contributed by atoms with E-state index in [1.165, 1.54) is 11.6 Å². The maximum atomic E-state index is 11.8. The predicted molar refractivity (Wildman–Crippen MR) is 119 cm³/mol. The molecule has 0 saturated carbocycles. The molecule has 150 valence electrons. The van der Waals surface area contributed by atoms with Gasteiger partial charge in [0.2, 0.25) is 0 Å². The summed E-state index contributed by atoms with van der Waals surface area (Å²) in [6.07, 6.45) is 0. The Morgan fingerprint density at radius 3 is 1.97 bits per heavy atom. The van der Waals surface area contributed by atoms with Crippen LogP contribution in [0.3, 0.4) is 0 Å². The van der Waals surface area contributed by atoms with Crippen LogP contribution in [0.2, 0.25) is 0 Å². The van der Waals surface area contributed by atoms with Crippen LogP contribution in [-0.4, -0.2) is 13.0 Å². The van der Waals surface area contributed by atoms with Crippen molar-refractivity contribution in [2.75, 3.05) is 5.73 Å². The van der Waals surface area contributed by atoms with Gasteiger partial charge in [-0.15, -0.1) is 5.11 Å². The van der Waals surface area contributed by atoms with Gasteiger partial charge < -0.3 is 5.73 Å². The Morgan fingerprint density at radius 1 is 0.800 bits per heavy atom. The van der Waals surface area contributed by atoms with E-state index in [1.807, 2.05) is 31.2 Å². The maximum Gasteiger partial charge on any atom is 0.295 e. The first-order chi connectivity index (χ1) is 14.3. The molecule has 0 aliphatic heterocycles. The van der Waals surface area contributed by atoms with Gasteiger partial charge in [0.1, 0.15) is 10.6 Å². The van der Waals surface area contributed by atoms with Gasteiger partial charge in [-0.2, -0.15) is 13.5 Å². The number of azo groups is 1. The van der Waals surface area contributed by atoms with Crippen molar-refractivity contribution < 1.29 is 13.0 Å². The predicted octanol–water partition coefficient (Wildman–Crippen LogP) is 6.06. The molecule has 0 fully saturated rings. The number of anilines is 1. The van der Waals surface area contributed by atoms with Crippen molar-refractivity contribution >= 4 is 38.0 Å². The highest BCUT2D eigenvalue weighted by Crippen LogP contribution is 2.36. The Balaban J connectivity index is 1.70. The molecule has 0 spiro atoms. The van der Waals surface area contributed by atoms with Crippen molar-refractivity contribution in [3.8, 4) is 11.1 Å². The Hall–Kier alpha value is -3.55. The van der Waals surface area contributed by atoms with Crippen molar-refractivity contribution in [1.82, 2.24) is 0 Å². The zero-order valence-electron chi connectivity index (χ0n) is 16.1. The van der Waals surface area contributed by atoms with Gasteiger partial charge in [0.25, 0.3) is 10.1 Å². The second kappa shape index (κ2) is 7.70. The molecule has 0 heterocycles. The molecule has 4 aromatic rings. The number of benzene rings is 4. The van der Waals surface area contributed by atoms with Gasteiger partial charge in [-0.05, 0) is 36.2 Å². The second-order valence-corrected chi connectivity index (χ2v) is 8.33. The molecule has 0 aliphatic rings. The fourth-order valence-electron chi connectivity index (χ4n) is 3.22. The molecule has 0 amide bonds. The normalized spacial score (nSPS) is 11.9. The van der Waals surface area contributed by atoms with Crippen LogP contribution in [0.4, 0.5) is 17.1 Å². The van der Waals surface area contributed by atoms with Gasteiger partial charge in [0.05, 0.1) is 11.4 Å². The minimum Gasteiger partial charge on any atom is -0.396 e. The molecule has 7 heteroatoms. The number of nitrogens with zero attached hydrogens (tertiary/aromatic N) is 2. The lowest BCUT2D eigenvalue weighted by molar-refractivity contribution is 0.484. The van der Waals surface area contributed by atoms with E-state index in [4.69, 9.17) is 5.73 Å². The fourth-order valence-corrected chi connectivity index (χ4v) is 3.94. The van der Waals surface area contributed by atoms with E-state index in [0.29, 0.717) is 16.5 Å². The van der Waals surface area contributed by atoms with Crippen molar-refractivity contribution in [3.63, 3.8) is 0 Å². The lowest BCUT2D eigenvalue weighted by Gasteiger charge is -2.09. The van der Waals surface area contributed by atoms with Crippen LogP contribution in [0.15, 0.2) is 94.0 Å². The molecular formula is C23H19N3O3S. The molecular weight excluding hydrogens is 398 g/mol. The first-order valence-electron chi connectivity index (χ1n) is 9.20. The third-order valence-corrected chi connectivity index (χ3v) is 5.72. The van der Waals surface area contributed by atoms with Crippen LogP contribution in [0.5, 0.6) is 0 Å². The van der Waals surface area contributed by atoms with E-state index in [-0.39, 0.29) is 16.3 Å². The molecule has 4 rings (SSSR count). The molecule has 0 atom stereocenters. The molecule has 0 aromatic heterocycles. The molecule has 30 heavy (non-hydrogen) atoms. The van der Waals surface area contributed by atoms with Crippen molar-refractivity contribution in [3.05, 3.63) is 84.4 Å². The van der Waals surface area contributed by atoms with Gasteiger partial charge in [-0.25, -0.2) is 0 Å². The van der Waals surface area contributed by atoms with E-state index in [2.05, 4.69) is 34.5 Å². The minimum absolute atomic E-state index is 0.170. The summed E-state index contributed by atoms with van der Waals surface area (Å²) in [4.78, 5) is -0.254. The molecule has 4 aromatic carbocycles. The number of nitrogens with two attached hydrogens (primary N) is 1. The van der Waals surface area contributed by atoms with Crippen LogP contribution >= 0.6 is 0 Å².